The van der Waals surface area contributed by atoms with Gasteiger partial charge in [0.2, 0.25) is 5.91 Å². The Hall–Kier alpha value is -2.38. The molecule has 150 valence electrons. The van der Waals surface area contributed by atoms with Crippen LogP contribution in [0.25, 0.3) is 0 Å². The first-order valence-electron chi connectivity index (χ1n) is 9.36. The van der Waals surface area contributed by atoms with Crippen LogP contribution < -0.4 is 10.1 Å². The van der Waals surface area contributed by atoms with Gasteiger partial charge in [-0.05, 0) is 56.0 Å². The maximum Gasteiger partial charge on any atom is 0.341 e. The van der Waals surface area contributed by atoms with E-state index in [2.05, 4.69) is 5.32 Å². The third-order valence-electron chi connectivity index (χ3n) is 4.81. The number of aryl methyl sites for hydroxylation is 1. The fourth-order valence-electron chi connectivity index (χ4n) is 3.52. The number of esters is 1. The molecule has 1 aromatic carbocycles. The van der Waals surface area contributed by atoms with Gasteiger partial charge in [-0.2, -0.15) is 0 Å². The van der Waals surface area contributed by atoms with Gasteiger partial charge in [-0.3, -0.25) is 9.69 Å². The zero-order valence-corrected chi connectivity index (χ0v) is 17.4. The smallest absolute Gasteiger partial charge is 0.341 e. The predicted molar refractivity (Wildman–Crippen MR) is 110 cm³/mol. The summed E-state index contributed by atoms with van der Waals surface area (Å²) in [7, 11) is 4.90. The van der Waals surface area contributed by atoms with Crippen molar-refractivity contribution in [2.24, 2.45) is 0 Å². The minimum absolute atomic E-state index is 0.144. The molecule has 1 amide bonds. The molecule has 1 heterocycles. The third-order valence-corrected chi connectivity index (χ3v) is 6.02. The van der Waals surface area contributed by atoms with Crippen molar-refractivity contribution < 1.29 is 19.1 Å². The van der Waals surface area contributed by atoms with Gasteiger partial charge in [-0.15, -0.1) is 11.3 Å². The lowest BCUT2D eigenvalue weighted by molar-refractivity contribution is -0.117. The number of benzene rings is 1. The minimum Gasteiger partial charge on any atom is -0.497 e. The van der Waals surface area contributed by atoms with E-state index in [9.17, 15) is 9.59 Å². The van der Waals surface area contributed by atoms with E-state index in [-0.39, 0.29) is 18.4 Å². The molecule has 0 spiro atoms. The highest BCUT2D eigenvalue weighted by atomic mass is 32.1. The number of hydrogen-bond donors (Lipinski definition) is 1. The number of anilines is 1. The summed E-state index contributed by atoms with van der Waals surface area (Å²) in [5, 5.41) is 3.54. The zero-order valence-electron chi connectivity index (χ0n) is 16.5. The van der Waals surface area contributed by atoms with Crippen LogP contribution in [0, 0.1) is 0 Å². The third kappa shape index (κ3) is 4.72. The van der Waals surface area contributed by atoms with Crippen LogP contribution >= 0.6 is 11.3 Å². The molecule has 1 aromatic heterocycles. The number of nitrogens with one attached hydrogen (secondary N) is 1. The largest absolute Gasteiger partial charge is 0.497 e. The van der Waals surface area contributed by atoms with Crippen molar-refractivity contribution in [1.29, 1.82) is 0 Å². The Kier molecular flexibility index (Phi) is 6.70. The number of likely N-dealkylation sites (N-methyl/N-ethyl adjacent to an activating group) is 1. The molecule has 2 aromatic rings. The summed E-state index contributed by atoms with van der Waals surface area (Å²) in [6.45, 7) is 0.843. The molecule has 1 N–H and O–H groups in total. The van der Waals surface area contributed by atoms with Gasteiger partial charge in [-0.1, -0.05) is 12.1 Å². The molecule has 7 heteroatoms. The van der Waals surface area contributed by atoms with E-state index < -0.39 is 0 Å². The summed E-state index contributed by atoms with van der Waals surface area (Å²) in [6.07, 6.45) is 3.99. The van der Waals surface area contributed by atoms with Crippen molar-refractivity contribution >= 4 is 28.2 Å². The molecule has 0 bridgehead atoms. The highest BCUT2D eigenvalue weighted by Gasteiger charge is 2.27. The highest BCUT2D eigenvalue weighted by molar-refractivity contribution is 7.17. The maximum atomic E-state index is 12.6. The minimum atomic E-state index is -0.376. The number of rotatable bonds is 7. The summed E-state index contributed by atoms with van der Waals surface area (Å²) in [4.78, 5) is 28.0. The number of ether oxygens (including phenoxy) is 2. The lowest BCUT2D eigenvalue weighted by Gasteiger charge is -2.17. The van der Waals surface area contributed by atoms with Crippen molar-refractivity contribution in [3.63, 3.8) is 0 Å². The van der Waals surface area contributed by atoms with Gasteiger partial charge in [0.1, 0.15) is 10.8 Å². The van der Waals surface area contributed by atoms with E-state index in [1.165, 1.54) is 23.3 Å². The van der Waals surface area contributed by atoms with Gasteiger partial charge in [0.05, 0.1) is 26.3 Å². The van der Waals surface area contributed by atoms with Gasteiger partial charge in [-0.25, -0.2) is 4.79 Å². The van der Waals surface area contributed by atoms with Gasteiger partial charge in [0, 0.05) is 11.4 Å². The monoisotopic (exact) mass is 402 g/mol. The van der Waals surface area contributed by atoms with Crippen molar-refractivity contribution in [3.8, 4) is 5.75 Å². The molecule has 0 fully saturated rings. The van der Waals surface area contributed by atoms with Crippen LogP contribution in [-0.2, 0) is 28.9 Å². The first-order valence-corrected chi connectivity index (χ1v) is 10.2. The Morgan fingerprint density at radius 2 is 2.00 bits per heavy atom. The number of thiophene rings is 1. The lowest BCUT2D eigenvalue weighted by Crippen LogP contribution is -2.30. The quantitative estimate of drug-likeness (QED) is 0.718. The average molecular weight is 403 g/mol. The number of carbonyl (C=O) groups is 2. The summed E-state index contributed by atoms with van der Waals surface area (Å²) in [6, 6.07) is 7.78. The Bertz CT molecular complexity index is 862. The molecule has 0 unspecified atom stereocenters. The fraction of sp³-hybridized carbons (Fsp3) is 0.429. The normalized spacial score (nSPS) is 13.1. The number of nitrogens with zero attached hydrogens (tertiary/aromatic N) is 1. The molecule has 0 atom stereocenters. The second-order valence-corrected chi connectivity index (χ2v) is 8.08. The van der Waals surface area contributed by atoms with Crippen molar-refractivity contribution in [2.45, 2.75) is 32.2 Å². The fourth-order valence-corrected chi connectivity index (χ4v) is 4.82. The molecule has 1 aliphatic carbocycles. The summed E-state index contributed by atoms with van der Waals surface area (Å²) in [5.41, 5.74) is 2.64. The van der Waals surface area contributed by atoms with E-state index in [1.807, 2.05) is 36.2 Å². The second-order valence-electron chi connectivity index (χ2n) is 6.98. The first kappa shape index (κ1) is 20.4. The van der Waals surface area contributed by atoms with Gasteiger partial charge < -0.3 is 14.8 Å². The molecule has 6 nitrogen and oxygen atoms in total. The Morgan fingerprint density at radius 3 is 2.75 bits per heavy atom. The average Bonchev–Trinajstić information content (AvgIpc) is 3.04. The van der Waals surface area contributed by atoms with E-state index >= 15 is 0 Å². The van der Waals surface area contributed by atoms with E-state index in [4.69, 9.17) is 9.47 Å². The predicted octanol–water partition coefficient (Wildman–Crippen LogP) is 3.49. The van der Waals surface area contributed by atoms with Gasteiger partial charge >= 0.3 is 5.97 Å². The number of fused-ring (bicyclic) bond motifs is 1. The van der Waals surface area contributed by atoms with Crippen LogP contribution in [0.3, 0.4) is 0 Å². The van der Waals surface area contributed by atoms with Crippen LogP contribution in [0.5, 0.6) is 5.75 Å². The number of carbonyl (C=O) groups excluding carboxylic acids is 2. The van der Waals surface area contributed by atoms with Crippen molar-refractivity contribution in [1.82, 2.24) is 4.90 Å². The lowest BCUT2D eigenvalue weighted by atomic mass is 9.95. The van der Waals surface area contributed by atoms with Gasteiger partial charge in [0.15, 0.2) is 0 Å². The molecule has 0 saturated carbocycles. The van der Waals surface area contributed by atoms with E-state index in [1.54, 1.807) is 7.11 Å². The van der Waals surface area contributed by atoms with Crippen LogP contribution in [0.15, 0.2) is 24.3 Å². The molecular weight excluding hydrogens is 376 g/mol. The second kappa shape index (κ2) is 9.21. The molecule has 0 radical (unpaired) electrons. The van der Waals surface area contributed by atoms with Crippen molar-refractivity contribution in [2.75, 3.05) is 33.1 Å². The van der Waals surface area contributed by atoms with Crippen LogP contribution in [0.1, 0.15) is 39.2 Å². The summed E-state index contributed by atoms with van der Waals surface area (Å²) >= 11 is 1.50. The van der Waals surface area contributed by atoms with Gasteiger partial charge in [0.25, 0.3) is 0 Å². The Morgan fingerprint density at radius 1 is 1.21 bits per heavy atom. The molecule has 1 aliphatic rings. The molecule has 0 aliphatic heterocycles. The standard InChI is InChI=1S/C21H26N2O4S/c1-23(12-14-7-6-8-15(11-14)26-2)13-18(24)22-20-19(21(25)27-3)16-9-4-5-10-17(16)28-20/h6-8,11H,4-5,9-10,12-13H2,1-3H3,(H,22,24). The van der Waals surface area contributed by atoms with E-state index in [0.717, 1.165) is 42.6 Å². The first-order chi connectivity index (χ1) is 13.5. The number of amides is 1. The molecule has 0 saturated heterocycles. The highest BCUT2D eigenvalue weighted by Crippen LogP contribution is 2.38. The molecule has 28 heavy (non-hydrogen) atoms. The number of hydrogen-bond acceptors (Lipinski definition) is 6. The zero-order chi connectivity index (χ0) is 20.1. The van der Waals surface area contributed by atoms with Crippen LogP contribution in [0.4, 0.5) is 5.00 Å². The molecular formula is C21H26N2O4S. The topological polar surface area (TPSA) is 67.9 Å². The Labute approximate surface area is 169 Å². The summed E-state index contributed by atoms with van der Waals surface area (Å²) < 4.78 is 10.2. The van der Waals surface area contributed by atoms with Crippen molar-refractivity contribution in [3.05, 3.63) is 45.8 Å². The maximum absolute atomic E-state index is 12.6. The van der Waals surface area contributed by atoms with E-state index in [0.29, 0.717) is 17.1 Å². The Balaban J connectivity index is 1.67. The van der Waals surface area contributed by atoms with Crippen LogP contribution in [-0.4, -0.2) is 44.6 Å². The van der Waals surface area contributed by atoms with Crippen LogP contribution in [0.2, 0.25) is 0 Å². The summed E-state index contributed by atoms with van der Waals surface area (Å²) in [5.74, 6) is 0.274. The SMILES string of the molecule is COC(=O)c1c(NC(=O)CN(C)Cc2cccc(OC)c2)sc2c1CCCC2. The number of methoxy groups -OCH3 is 2. The molecule has 3 rings (SSSR count).